The van der Waals surface area contributed by atoms with Gasteiger partial charge in [-0.2, -0.15) is 0 Å². The average molecular weight is 427 g/mol. The fourth-order valence-electron chi connectivity index (χ4n) is 9.73. The van der Waals surface area contributed by atoms with Crippen molar-refractivity contribution < 1.29 is 4.74 Å². The number of epoxide rings is 1. The first-order chi connectivity index (χ1) is 14.7. The van der Waals surface area contributed by atoms with Crippen LogP contribution in [0.4, 0.5) is 0 Å². The number of fused-ring (bicyclic) bond motifs is 5. The minimum atomic E-state index is 0.537. The first kappa shape index (κ1) is 22.5. The monoisotopic (exact) mass is 426 g/mol. The van der Waals surface area contributed by atoms with Gasteiger partial charge in [-0.05, 0) is 116 Å². The Bertz CT molecular complexity index is 687. The first-order valence-corrected chi connectivity index (χ1v) is 14.0. The molecule has 0 spiro atoms. The zero-order chi connectivity index (χ0) is 22.0. The highest BCUT2D eigenvalue weighted by molar-refractivity contribution is 5.25. The summed E-state index contributed by atoms with van der Waals surface area (Å²) in [6.07, 6.45) is 17.9. The molecular formula is C30H50O. The zero-order valence-electron chi connectivity index (χ0n) is 21.5. The van der Waals surface area contributed by atoms with Crippen LogP contribution in [-0.2, 0) is 4.74 Å². The van der Waals surface area contributed by atoms with Gasteiger partial charge in [0.1, 0.15) is 0 Å². The van der Waals surface area contributed by atoms with E-state index in [1.807, 2.05) is 5.57 Å². The molecule has 0 radical (unpaired) electrons. The van der Waals surface area contributed by atoms with E-state index in [1.165, 1.54) is 64.2 Å². The van der Waals surface area contributed by atoms with Crippen molar-refractivity contribution >= 4 is 0 Å². The minimum absolute atomic E-state index is 0.537. The molecule has 4 aliphatic carbocycles. The number of rotatable bonds is 6. The summed E-state index contributed by atoms with van der Waals surface area (Å²) < 4.78 is 5.71. The van der Waals surface area contributed by atoms with E-state index in [0.717, 1.165) is 54.0 Å². The van der Waals surface area contributed by atoms with Crippen molar-refractivity contribution in [1.82, 2.24) is 0 Å². The lowest BCUT2D eigenvalue weighted by Crippen LogP contribution is -2.50. The molecule has 176 valence electrons. The van der Waals surface area contributed by atoms with Crippen LogP contribution in [0.5, 0.6) is 0 Å². The third kappa shape index (κ3) is 3.77. The Morgan fingerprint density at radius 3 is 2.48 bits per heavy atom. The van der Waals surface area contributed by atoms with E-state index in [0.29, 0.717) is 16.9 Å². The van der Waals surface area contributed by atoms with Crippen molar-refractivity contribution in [2.45, 2.75) is 112 Å². The molecule has 3 saturated carbocycles. The van der Waals surface area contributed by atoms with Crippen LogP contribution in [0, 0.1) is 58.2 Å². The predicted octanol–water partition coefficient (Wildman–Crippen LogP) is 8.29. The second kappa shape index (κ2) is 8.18. The molecule has 0 bridgehead atoms. The fraction of sp³-hybridized carbons (Fsp3) is 0.933. The molecule has 1 saturated heterocycles. The van der Waals surface area contributed by atoms with Gasteiger partial charge >= 0.3 is 0 Å². The maximum Gasteiger partial charge on any atom is 0.0840 e. The minimum Gasteiger partial charge on any atom is -0.373 e. The Hall–Kier alpha value is -0.300. The molecule has 0 N–H and O–H groups in total. The lowest BCUT2D eigenvalue weighted by molar-refractivity contribution is -0.0526. The van der Waals surface area contributed by atoms with E-state index in [-0.39, 0.29) is 0 Å². The van der Waals surface area contributed by atoms with Crippen molar-refractivity contribution in [3.05, 3.63) is 11.6 Å². The van der Waals surface area contributed by atoms with Gasteiger partial charge in [0.15, 0.2) is 0 Å². The lowest BCUT2D eigenvalue weighted by atomic mass is 9.46. The van der Waals surface area contributed by atoms with Gasteiger partial charge in [-0.25, -0.2) is 0 Å². The van der Waals surface area contributed by atoms with Crippen LogP contribution in [0.2, 0.25) is 0 Å². The van der Waals surface area contributed by atoms with Crippen molar-refractivity contribution in [2.24, 2.45) is 58.2 Å². The van der Waals surface area contributed by atoms with Gasteiger partial charge in [-0.15, -0.1) is 0 Å². The third-order valence-electron chi connectivity index (χ3n) is 11.8. The number of hydrogen-bond donors (Lipinski definition) is 0. The molecule has 0 aromatic carbocycles. The summed E-state index contributed by atoms with van der Waals surface area (Å²) in [6.45, 7) is 16.3. The maximum absolute atomic E-state index is 5.71. The van der Waals surface area contributed by atoms with Gasteiger partial charge in [0.05, 0.1) is 12.7 Å². The van der Waals surface area contributed by atoms with Crippen molar-refractivity contribution in [3.8, 4) is 0 Å². The summed E-state index contributed by atoms with van der Waals surface area (Å²) in [6, 6.07) is 0. The molecule has 1 aliphatic heterocycles. The van der Waals surface area contributed by atoms with Gasteiger partial charge in [0.25, 0.3) is 0 Å². The molecule has 0 amide bonds. The number of ether oxygens (including phenoxy) is 1. The van der Waals surface area contributed by atoms with Gasteiger partial charge < -0.3 is 4.74 Å². The Morgan fingerprint density at radius 2 is 1.77 bits per heavy atom. The molecule has 5 rings (SSSR count). The zero-order valence-corrected chi connectivity index (χ0v) is 21.5. The summed E-state index contributed by atoms with van der Waals surface area (Å²) >= 11 is 0. The molecular weight excluding hydrogens is 376 g/mol. The van der Waals surface area contributed by atoms with E-state index in [2.05, 4.69) is 47.6 Å². The van der Waals surface area contributed by atoms with Crippen LogP contribution in [0.1, 0.15) is 106 Å². The largest absolute Gasteiger partial charge is 0.373 e. The molecule has 1 nitrogen and oxygen atoms in total. The molecule has 1 heterocycles. The van der Waals surface area contributed by atoms with E-state index >= 15 is 0 Å². The summed E-state index contributed by atoms with van der Waals surface area (Å²) in [5.74, 6) is 7.25. The second-order valence-electron chi connectivity index (χ2n) is 13.7. The van der Waals surface area contributed by atoms with Crippen LogP contribution in [-0.4, -0.2) is 12.7 Å². The molecule has 5 aliphatic rings. The highest BCUT2D eigenvalue weighted by Gasteiger charge is 2.59. The first-order valence-electron chi connectivity index (χ1n) is 14.0. The molecule has 10 atom stereocenters. The standard InChI is InChI=1S/C30H50O/c1-19(2)23(28-18-31-28)9-7-21(4)25-11-12-26-24-10-8-22-17-20(3)13-15-29(22,5)27(24)14-16-30(25,26)6/h8,19-21,23-28H,7,9-18H2,1-6H3/t20-,21+,23+,24?,25+,26?,27?,28+,29-,30+/m0/s1. The Balaban J connectivity index is 1.28. The molecule has 3 unspecified atom stereocenters. The smallest absolute Gasteiger partial charge is 0.0840 e. The van der Waals surface area contributed by atoms with Crippen LogP contribution in [0.25, 0.3) is 0 Å². The van der Waals surface area contributed by atoms with Crippen LogP contribution < -0.4 is 0 Å². The summed E-state index contributed by atoms with van der Waals surface area (Å²) in [5.41, 5.74) is 3.00. The van der Waals surface area contributed by atoms with E-state index in [4.69, 9.17) is 4.74 Å². The van der Waals surface area contributed by atoms with Crippen LogP contribution in [0.15, 0.2) is 11.6 Å². The SMILES string of the molecule is CC(C)[C@@H](CC[C@@H](C)[C@H]1CCC2C3CC=C4C[C@@H](C)CC[C@]4(C)C3CC[C@@]21C)[C@H]1CO1. The summed E-state index contributed by atoms with van der Waals surface area (Å²) in [5, 5.41) is 0. The molecule has 0 aromatic rings. The second-order valence-corrected chi connectivity index (χ2v) is 13.7. The lowest BCUT2D eigenvalue weighted by Gasteiger charge is -2.58. The molecule has 1 heteroatoms. The summed E-state index contributed by atoms with van der Waals surface area (Å²) in [7, 11) is 0. The number of allylic oxidation sites excluding steroid dienone is 2. The van der Waals surface area contributed by atoms with E-state index in [1.54, 1.807) is 0 Å². The van der Waals surface area contributed by atoms with Crippen LogP contribution >= 0.6 is 0 Å². The van der Waals surface area contributed by atoms with Gasteiger partial charge in [0, 0.05) is 0 Å². The average Bonchev–Trinajstić information content (AvgIpc) is 3.48. The van der Waals surface area contributed by atoms with Crippen molar-refractivity contribution in [1.29, 1.82) is 0 Å². The van der Waals surface area contributed by atoms with Gasteiger partial charge in [-0.3, -0.25) is 0 Å². The molecule has 4 fully saturated rings. The van der Waals surface area contributed by atoms with Gasteiger partial charge in [0.2, 0.25) is 0 Å². The number of hydrogen-bond acceptors (Lipinski definition) is 1. The Morgan fingerprint density at radius 1 is 1.00 bits per heavy atom. The predicted molar refractivity (Wildman–Crippen MR) is 131 cm³/mol. The quantitative estimate of drug-likeness (QED) is 0.307. The highest BCUT2D eigenvalue weighted by atomic mass is 16.6. The Kier molecular flexibility index (Phi) is 5.93. The van der Waals surface area contributed by atoms with Crippen molar-refractivity contribution in [2.75, 3.05) is 6.61 Å². The van der Waals surface area contributed by atoms with Crippen molar-refractivity contribution in [3.63, 3.8) is 0 Å². The summed E-state index contributed by atoms with van der Waals surface area (Å²) in [4.78, 5) is 0. The Labute approximate surface area is 193 Å². The fourth-order valence-corrected chi connectivity index (χ4v) is 9.73. The molecule has 31 heavy (non-hydrogen) atoms. The van der Waals surface area contributed by atoms with Gasteiger partial charge in [-0.1, -0.05) is 59.6 Å². The molecule has 0 aromatic heterocycles. The van der Waals surface area contributed by atoms with E-state index in [9.17, 15) is 0 Å². The van der Waals surface area contributed by atoms with E-state index < -0.39 is 0 Å². The maximum atomic E-state index is 5.71. The highest BCUT2D eigenvalue weighted by Crippen LogP contribution is 2.67. The third-order valence-corrected chi connectivity index (χ3v) is 11.8. The normalized spacial score (nSPS) is 48.4. The topological polar surface area (TPSA) is 12.5 Å². The van der Waals surface area contributed by atoms with Crippen LogP contribution in [0.3, 0.4) is 0 Å².